The van der Waals surface area contributed by atoms with Crippen LogP contribution >= 0.6 is 15.9 Å². The van der Waals surface area contributed by atoms with Crippen molar-refractivity contribution in [2.45, 2.75) is 46.6 Å². The van der Waals surface area contributed by atoms with Crippen LogP contribution in [0.2, 0.25) is 0 Å². The van der Waals surface area contributed by atoms with Gasteiger partial charge in [-0.2, -0.15) is 9.78 Å². The summed E-state index contributed by atoms with van der Waals surface area (Å²) in [4.78, 5) is 29.8. The standard InChI is InChI=1S/C25H28BrN3O5/c1-6-32-22-12-17(8-11-21(22)34-16(5)25(31)33-7-2)14-27-29-23(15(3)4)28-20-10-9-18(26)13-19(20)24(29)30/h8-16H,6-7H2,1-5H3/t16-/m0/s1. The molecule has 0 aliphatic carbocycles. The molecular weight excluding hydrogens is 502 g/mol. The van der Waals surface area contributed by atoms with E-state index < -0.39 is 12.1 Å². The second kappa shape index (κ2) is 11.3. The van der Waals surface area contributed by atoms with E-state index in [0.717, 1.165) is 4.47 Å². The minimum absolute atomic E-state index is 0.0166. The summed E-state index contributed by atoms with van der Waals surface area (Å²) in [7, 11) is 0. The average molecular weight is 530 g/mol. The predicted octanol–water partition coefficient (Wildman–Crippen LogP) is 4.89. The van der Waals surface area contributed by atoms with Crippen molar-refractivity contribution in [3.05, 3.63) is 62.6 Å². The first-order valence-corrected chi connectivity index (χ1v) is 11.9. The molecule has 34 heavy (non-hydrogen) atoms. The summed E-state index contributed by atoms with van der Waals surface area (Å²) in [5, 5.41) is 4.93. The van der Waals surface area contributed by atoms with Crippen molar-refractivity contribution >= 4 is 39.0 Å². The lowest BCUT2D eigenvalue weighted by molar-refractivity contribution is -0.150. The number of carbonyl (C=O) groups is 1. The zero-order chi connectivity index (χ0) is 24.8. The molecule has 1 aromatic heterocycles. The van der Waals surface area contributed by atoms with Gasteiger partial charge in [0.15, 0.2) is 17.6 Å². The first-order chi connectivity index (χ1) is 16.2. The molecule has 1 atom stereocenters. The average Bonchev–Trinajstić information content (AvgIpc) is 2.80. The van der Waals surface area contributed by atoms with E-state index in [0.29, 0.717) is 40.4 Å². The molecule has 0 saturated carbocycles. The first kappa shape index (κ1) is 25.4. The molecule has 0 unspecified atom stereocenters. The zero-order valence-corrected chi connectivity index (χ0v) is 21.5. The number of hydrogen-bond donors (Lipinski definition) is 0. The van der Waals surface area contributed by atoms with Gasteiger partial charge in [-0.1, -0.05) is 29.8 Å². The van der Waals surface area contributed by atoms with Gasteiger partial charge < -0.3 is 14.2 Å². The lowest BCUT2D eigenvalue weighted by atomic mass is 10.2. The van der Waals surface area contributed by atoms with Gasteiger partial charge in [0.2, 0.25) is 0 Å². The molecular formula is C25H28BrN3O5. The van der Waals surface area contributed by atoms with Gasteiger partial charge in [0.1, 0.15) is 5.82 Å². The van der Waals surface area contributed by atoms with Crippen LogP contribution in [-0.2, 0) is 9.53 Å². The van der Waals surface area contributed by atoms with Crippen LogP contribution in [0.5, 0.6) is 11.5 Å². The molecule has 0 fully saturated rings. The molecule has 180 valence electrons. The van der Waals surface area contributed by atoms with Crippen LogP contribution in [0.15, 0.2) is 50.8 Å². The highest BCUT2D eigenvalue weighted by Crippen LogP contribution is 2.29. The lowest BCUT2D eigenvalue weighted by Gasteiger charge is -2.16. The van der Waals surface area contributed by atoms with Crippen LogP contribution < -0.4 is 15.0 Å². The predicted molar refractivity (Wildman–Crippen MR) is 135 cm³/mol. The molecule has 3 rings (SSSR count). The third-order valence-corrected chi connectivity index (χ3v) is 5.36. The lowest BCUT2D eigenvalue weighted by Crippen LogP contribution is -2.26. The van der Waals surface area contributed by atoms with Gasteiger partial charge in [-0.25, -0.2) is 9.78 Å². The smallest absolute Gasteiger partial charge is 0.347 e. The Morgan fingerprint density at radius 1 is 1.12 bits per heavy atom. The van der Waals surface area contributed by atoms with Gasteiger partial charge in [-0.05, 0) is 62.7 Å². The van der Waals surface area contributed by atoms with E-state index >= 15 is 0 Å². The molecule has 0 bridgehead atoms. The fourth-order valence-corrected chi connectivity index (χ4v) is 3.61. The van der Waals surface area contributed by atoms with Gasteiger partial charge in [0.05, 0.1) is 30.3 Å². The number of carbonyl (C=O) groups excluding carboxylic acids is 1. The Hall–Kier alpha value is -3.20. The summed E-state index contributed by atoms with van der Waals surface area (Å²) in [5.41, 5.74) is 1.06. The quantitative estimate of drug-likeness (QED) is 0.289. The van der Waals surface area contributed by atoms with Crippen molar-refractivity contribution in [3.63, 3.8) is 0 Å². The van der Waals surface area contributed by atoms with E-state index in [-0.39, 0.29) is 18.1 Å². The number of benzene rings is 2. The van der Waals surface area contributed by atoms with Crippen LogP contribution in [0, 0.1) is 0 Å². The normalized spacial score (nSPS) is 12.3. The fourth-order valence-electron chi connectivity index (χ4n) is 3.24. The van der Waals surface area contributed by atoms with E-state index in [9.17, 15) is 9.59 Å². The van der Waals surface area contributed by atoms with E-state index in [1.807, 2.05) is 32.9 Å². The zero-order valence-electron chi connectivity index (χ0n) is 19.9. The highest BCUT2D eigenvalue weighted by atomic mass is 79.9. The Kier molecular flexibility index (Phi) is 8.44. The molecule has 1 heterocycles. The topological polar surface area (TPSA) is 92.0 Å². The molecule has 8 nitrogen and oxygen atoms in total. The van der Waals surface area contributed by atoms with Crippen molar-refractivity contribution in [1.82, 2.24) is 9.66 Å². The van der Waals surface area contributed by atoms with Gasteiger partial charge in [0, 0.05) is 10.4 Å². The number of ether oxygens (including phenoxy) is 3. The number of halogens is 1. The number of nitrogens with zero attached hydrogens (tertiary/aromatic N) is 3. The first-order valence-electron chi connectivity index (χ1n) is 11.1. The van der Waals surface area contributed by atoms with Crippen LogP contribution in [0.25, 0.3) is 10.9 Å². The Balaban J connectivity index is 1.98. The Morgan fingerprint density at radius 3 is 2.56 bits per heavy atom. The van der Waals surface area contributed by atoms with Crippen molar-refractivity contribution in [3.8, 4) is 11.5 Å². The molecule has 0 radical (unpaired) electrons. The third kappa shape index (κ3) is 5.83. The second-order valence-electron chi connectivity index (χ2n) is 7.80. The number of fused-ring (bicyclic) bond motifs is 1. The Labute approximate surface area is 206 Å². The maximum Gasteiger partial charge on any atom is 0.347 e. The fraction of sp³-hybridized carbons (Fsp3) is 0.360. The monoisotopic (exact) mass is 529 g/mol. The maximum atomic E-state index is 13.2. The van der Waals surface area contributed by atoms with Crippen LogP contribution in [0.1, 0.15) is 51.9 Å². The highest BCUT2D eigenvalue weighted by Gasteiger charge is 2.18. The molecule has 0 N–H and O–H groups in total. The van der Waals surface area contributed by atoms with Crippen molar-refractivity contribution < 1.29 is 19.0 Å². The van der Waals surface area contributed by atoms with Gasteiger partial charge >= 0.3 is 5.97 Å². The summed E-state index contributed by atoms with van der Waals surface area (Å²) < 4.78 is 18.6. The number of hydrogen-bond acceptors (Lipinski definition) is 7. The third-order valence-electron chi connectivity index (χ3n) is 4.86. The van der Waals surface area contributed by atoms with Gasteiger partial charge in [-0.3, -0.25) is 4.79 Å². The molecule has 0 amide bonds. The Morgan fingerprint density at radius 2 is 1.88 bits per heavy atom. The van der Waals surface area contributed by atoms with Crippen LogP contribution in [-0.4, -0.2) is 41.2 Å². The summed E-state index contributed by atoms with van der Waals surface area (Å²) in [5.74, 6) is 0.962. The highest BCUT2D eigenvalue weighted by molar-refractivity contribution is 9.10. The number of esters is 1. The summed E-state index contributed by atoms with van der Waals surface area (Å²) in [6.45, 7) is 9.82. The summed E-state index contributed by atoms with van der Waals surface area (Å²) >= 11 is 3.41. The van der Waals surface area contributed by atoms with Crippen molar-refractivity contribution in [1.29, 1.82) is 0 Å². The van der Waals surface area contributed by atoms with Crippen molar-refractivity contribution in [2.75, 3.05) is 13.2 Å². The molecule has 3 aromatic rings. The molecule has 0 aliphatic heterocycles. The molecule has 0 aliphatic rings. The largest absolute Gasteiger partial charge is 0.490 e. The number of aromatic nitrogens is 2. The van der Waals surface area contributed by atoms with Crippen LogP contribution in [0.4, 0.5) is 0 Å². The number of rotatable bonds is 9. The molecule has 9 heteroatoms. The SMILES string of the molecule is CCOC(=O)[C@H](C)Oc1ccc(C=Nn2c(C(C)C)nc3ccc(Br)cc3c2=O)cc1OCC. The summed E-state index contributed by atoms with van der Waals surface area (Å²) in [6, 6.07) is 10.6. The van der Waals surface area contributed by atoms with E-state index in [2.05, 4.69) is 26.0 Å². The molecule has 2 aromatic carbocycles. The van der Waals surface area contributed by atoms with E-state index in [1.54, 1.807) is 44.3 Å². The van der Waals surface area contributed by atoms with E-state index in [1.165, 1.54) is 4.68 Å². The molecule has 0 spiro atoms. The van der Waals surface area contributed by atoms with Gasteiger partial charge in [-0.15, -0.1) is 0 Å². The minimum atomic E-state index is -0.783. The van der Waals surface area contributed by atoms with E-state index in [4.69, 9.17) is 14.2 Å². The maximum absolute atomic E-state index is 13.2. The Bertz CT molecular complexity index is 1270. The minimum Gasteiger partial charge on any atom is -0.490 e. The van der Waals surface area contributed by atoms with Crippen molar-refractivity contribution in [2.24, 2.45) is 5.10 Å². The van der Waals surface area contributed by atoms with Crippen LogP contribution in [0.3, 0.4) is 0 Å². The van der Waals surface area contributed by atoms with Gasteiger partial charge in [0.25, 0.3) is 5.56 Å². The molecule has 0 saturated heterocycles. The summed E-state index contributed by atoms with van der Waals surface area (Å²) in [6.07, 6.45) is 0.786. The second-order valence-corrected chi connectivity index (χ2v) is 8.71.